The molecule has 0 heterocycles. The van der Waals surface area contributed by atoms with Gasteiger partial charge < -0.3 is 20.7 Å². The molecule has 1 unspecified atom stereocenters. The Morgan fingerprint density at radius 2 is 1.80 bits per heavy atom. The SMILES string of the molecule is CCN(c1ccc(/N=C(\C(=O)Nc2cc(C(=O)OC)c(Cl)cc2Cl)C(=O)C2(CC)CC2)c(C)c1)C(CN)S(C)(=O)=O. The van der Waals surface area contributed by atoms with Crippen molar-refractivity contribution >= 4 is 73.5 Å². The number of Topliss-reactive ketones (excluding diaryl/α,β-unsaturated/α-hetero) is 1. The van der Waals surface area contributed by atoms with Crippen molar-refractivity contribution in [2.75, 3.05) is 36.7 Å². The first kappa shape index (κ1) is 32.5. The Kier molecular flexibility index (Phi) is 10.2. The zero-order chi connectivity index (χ0) is 30.7. The molecule has 1 fully saturated rings. The van der Waals surface area contributed by atoms with E-state index in [4.69, 9.17) is 33.7 Å². The van der Waals surface area contributed by atoms with Crippen LogP contribution in [0.2, 0.25) is 10.0 Å². The fraction of sp³-hybridized carbons (Fsp3) is 0.429. The number of likely N-dealkylation sites (N-methyl/N-ethyl adjacent to an activating group) is 1. The number of benzene rings is 2. The van der Waals surface area contributed by atoms with E-state index in [9.17, 15) is 22.8 Å². The third-order valence-corrected chi connectivity index (χ3v) is 9.34. The van der Waals surface area contributed by atoms with Crippen LogP contribution in [0.15, 0.2) is 35.3 Å². The first-order chi connectivity index (χ1) is 19.2. The number of carbonyl (C=O) groups is 3. The second-order valence-electron chi connectivity index (χ2n) is 9.96. The zero-order valence-electron chi connectivity index (χ0n) is 23.6. The van der Waals surface area contributed by atoms with Gasteiger partial charge in [-0.05, 0) is 69.0 Å². The summed E-state index contributed by atoms with van der Waals surface area (Å²) in [6, 6.07) is 7.61. The predicted octanol–water partition coefficient (Wildman–Crippen LogP) is 4.71. The Labute approximate surface area is 250 Å². The van der Waals surface area contributed by atoms with Crippen LogP contribution in [-0.2, 0) is 24.2 Å². The highest BCUT2D eigenvalue weighted by atomic mass is 35.5. The van der Waals surface area contributed by atoms with Crippen LogP contribution < -0.4 is 16.0 Å². The molecule has 1 saturated carbocycles. The van der Waals surface area contributed by atoms with Gasteiger partial charge in [-0.1, -0.05) is 30.1 Å². The maximum absolute atomic E-state index is 13.6. The number of amides is 1. The van der Waals surface area contributed by atoms with Crippen LogP contribution in [0.25, 0.3) is 0 Å². The average molecular weight is 626 g/mol. The summed E-state index contributed by atoms with van der Waals surface area (Å²) in [5, 5.41) is 1.78. The number of esters is 1. The maximum Gasteiger partial charge on any atom is 0.339 e. The molecule has 0 bridgehead atoms. The summed E-state index contributed by atoms with van der Waals surface area (Å²) in [4.78, 5) is 45.5. The molecule has 0 radical (unpaired) electrons. The Morgan fingerprint density at radius 3 is 2.29 bits per heavy atom. The van der Waals surface area contributed by atoms with E-state index in [2.05, 4.69) is 10.3 Å². The molecular weight excluding hydrogens is 591 g/mol. The molecule has 1 aliphatic rings. The van der Waals surface area contributed by atoms with E-state index in [-0.39, 0.29) is 33.6 Å². The van der Waals surface area contributed by atoms with Gasteiger partial charge in [-0.15, -0.1) is 0 Å². The molecule has 3 N–H and O–H groups in total. The van der Waals surface area contributed by atoms with Gasteiger partial charge in [0, 0.05) is 30.4 Å². The Balaban J connectivity index is 2.05. The molecule has 2 aromatic rings. The monoisotopic (exact) mass is 624 g/mol. The van der Waals surface area contributed by atoms with Crippen LogP contribution in [0.4, 0.5) is 17.1 Å². The zero-order valence-corrected chi connectivity index (χ0v) is 25.9. The number of nitrogens with zero attached hydrogens (tertiary/aromatic N) is 2. The highest BCUT2D eigenvalue weighted by Crippen LogP contribution is 2.50. The molecular formula is C28H34Cl2N4O6S. The predicted molar refractivity (Wildman–Crippen MR) is 162 cm³/mol. The number of ketones is 1. The molecule has 0 saturated heterocycles. The van der Waals surface area contributed by atoms with Crippen molar-refractivity contribution in [3.8, 4) is 0 Å². The third kappa shape index (κ3) is 7.09. The summed E-state index contributed by atoms with van der Waals surface area (Å²) in [6.45, 7) is 5.75. The first-order valence-corrected chi connectivity index (χ1v) is 15.7. The summed E-state index contributed by atoms with van der Waals surface area (Å²) in [5.74, 6) is -1.91. The smallest absolute Gasteiger partial charge is 0.339 e. The number of nitrogens with two attached hydrogens (primary N) is 1. The van der Waals surface area contributed by atoms with Gasteiger partial charge in [0.05, 0.1) is 34.1 Å². The van der Waals surface area contributed by atoms with Crippen molar-refractivity contribution in [2.24, 2.45) is 16.1 Å². The van der Waals surface area contributed by atoms with Gasteiger partial charge in [0.25, 0.3) is 5.91 Å². The Bertz CT molecular complexity index is 1510. The van der Waals surface area contributed by atoms with E-state index in [1.165, 1.54) is 19.2 Å². The van der Waals surface area contributed by atoms with Crippen LogP contribution in [-0.4, -0.2) is 63.6 Å². The molecule has 2 aromatic carbocycles. The standard InChI is InChI=1S/C28H34Cl2N4O6S/c1-6-28(10-11-28)25(35)24(26(36)33-22-13-18(27(37)40-4)19(29)14-20(22)30)32-21-9-8-17(12-16(21)3)34(7-2)23(15-31)41(5,38)39/h8-9,12-14,23H,6-7,10-11,15,31H2,1-5H3,(H,33,36)/b32-24-. The molecule has 0 aliphatic heterocycles. The van der Waals surface area contributed by atoms with Crippen LogP contribution in [0, 0.1) is 12.3 Å². The van der Waals surface area contributed by atoms with Gasteiger partial charge >= 0.3 is 5.97 Å². The molecule has 13 heteroatoms. The molecule has 222 valence electrons. The minimum absolute atomic E-state index is 0.0114. The lowest BCUT2D eigenvalue weighted by molar-refractivity contribution is -0.119. The Hall–Kier alpha value is -2.99. The van der Waals surface area contributed by atoms with Crippen LogP contribution in [0.3, 0.4) is 0 Å². The molecule has 0 aromatic heterocycles. The minimum Gasteiger partial charge on any atom is -0.465 e. The van der Waals surface area contributed by atoms with Crippen molar-refractivity contribution in [2.45, 2.75) is 45.4 Å². The Morgan fingerprint density at radius 1 is 1.15 bits per heavy atom. The van der Waals surface area contributed by atoms with E-state index in [1.54, 1.807) is 30.0 Å². The largest absolute Gasteiger partial charge is 0.465 e. The van der Waals surface area contributed by atoms with E-state index in [1.807, 2.05) is 13.8 Å². The molecule has 3 rings (SSSR count). The van der Waals surface area contributed by atoms with Gasteiger partial charge in [0.2, 0.25) is 0 Å². The average Bonchev–Trinajstić information content (AvgIpc) is 3.72. The number of carbonyl (C=O) groups excluding carboxylic acids is 3. The van der Waals surface area contributed by atoms with E-state index >= 15 is 0 Å². The lowest BCUT2D eigenvalue weighted by atomic mass is 9.93. The van der Waals surface area contributed by atoms with Crippen molar-refractivity contribution in [3.05, 3.63) is 51.5 Å². The lowest BCUT2D eigenvalue weighted by Crippen LogP contribution is -2.45. The van der Waals surface area contributed by atoms with Crippen LogP contribution >= 0.6 is 23.2 Å². The van der Waals surface area contributed by atoms with Gasteiger partial charge in [-0.2, -0.15) is 0 Å². The second-order valence-corrected chi connectivity index (χ2v) is 13.0. The number of halogens is 2. The van der Waals surface area contributed by atoms with Gasteiger partial charge in [-0.25, -0.2) is 18.2 Å². The minimum atomic E-state index is -3.47. The number of hydrogen-bond donors (Lipinski definition) is 2. The number of hydrogen-bond acceptors (Lipinski definition) is 9. The number of methoxy groups -OCH3 is 1. The molecule has 1 aliphatic carbocycles. The van der Waals surface area contributed by atoms with Gasteiger partial charge in [-0.3, -0.25) is 9.59 Å². The van der Waals surface area contributed by atoms with Crippen molar-refractivity contribution in [1.29, 1.82) is 0 Å². The van der Waals surface area contributed by atoms with Crippen LogP contribution in [0.1, 0.15) is 49.0 Å². The van der Waals surface area contributed by atoms with Gasteiger partial charge in [0.15, 0.2) is 21.3 Å². The van der Waals surface area contributed by atoms with E-state index in [0.717, 1.165) is 6.26 Å². The fourth-order valence-electron chi connectivity index (χ4n) is 4.59. The number of ether oxygens (including phenoxy) is 1. The second kappa shape index (κ2) is 12.9. The van der Waals surface area contributed by atoms with Crippen molar-refractivity contribution in [1.82, 2.24) is 0 Å². The number of anilines is 2. The highest BCUT2D eigenvalue weighted by Gasteiger charge is 2.50. The molecule has 10 nitrogen and oxygen atoms in total. The summed E-state index contributed by atoms with van der Waals surface area (Å²) < 4.78 is 29.4. The topological polar surface area (TPSA) is 148 Å². The normalized spacial score (nSPS) is 15.2. The van der Waals surface area contributed by atoms with Crippen molar-refractivity contribution < 1.29 is 27.5 Å². The molecule has 41 heavy (non-hydrogen) atoms. The maximum atomic E-state index is 13.6. The van der Waals surface area contributed by atoms with Gasteiger partial charge in [0.1, 0.15) is 5.37 Å². The van der Waals surface area contributed by atoms with Crippen molar-refractivity contribution in [3.63, 3.8) is 0 Å². The summed E-state index contributed by atoms with van der Waals surface area (Å²) in [6.07, 6.45) is 2.95. The van der Waals surface area contributed by atoms with E-state index < -0.39 is 38.3 Å². The summed E-state index contributed by atoms with van der Waals surface area (Å²) >= 11 is 12.4. The number of nitrogens with one attached hydrogen (secondary N) is 1. The summed E-state index contributed by atoms with van der Waals surface area (Å²) in [5.41, 5.74) is 6.42. The summed E-state index contributed by atoms with van der Waals surface area (Å²) in [7, 11) is -2.28. The lowest BCUT2D eigenvalue weighted by Gasteiger charge is -2.31. The quantitative estimate of drug-likeness (QED) is 0.196. The number of aliphatic imine (C=N–C) groups is 1. The van der Waals surface area contributed by atoms with Crippen LogP contribution in [0.5, 0.6) is 0 Å². The molecule has 1 amide bonds. The number of rotatable bonds is 12. The highest BCUT2D eigenvalue weighted by molar-refractivity contribution is 7.91. The fourth-order valence-corrected chi connectivity index (χ4v) is 6.18. The number of aryl methyl sites for hydroxylation is 1. The number of sulfone groups is 1. The van der Waals surface area contributed by atoms with E-state index in [0.29, 0.717) is 42.7 Å². The molecule has 0 spiro atoms. The third-order valence-electron chi connectivity index (χ3n) is 7.28. The first-order valence-electron chi connectivity index (χ1n) is 13.0. The molecule has 1 atom stereocenters.